The van der Waals surface area contributed by atoms with Crippen LogP contribution in [-0.2, 0) is 0 Å². The summed E-state index contributed by atoms with van der Waals surface area (Å²) in [4.78, 5) is 37.3. The third-order valence-electron chi connectivity index (χ3n) is 5.23. The van der Waals surface area contributed by atoms with Crippen molar-refractivity contribution >= 4 is 39.3 Å². The van der Waals surface area contributed by atoms with Gasteiger partial charge in [-0.15, -0.1) is 0 Å². The highest BCUT2D eigenvalue weighted by Gasteiger charge is 2.13. The topological polar surface area (TPSA) is 96.5 Å². The first kappa shape index (κ1) is 26.0. The molecule has 0 fully saturated rings. The number of rotatable bonds is 8. The van der Waals surface area contributed by atoms with Gasteiger partial charge in [-0.1, -0.05) is 32.0 Å². The predicted octanol–water partition coefficient (Wildman–Crippen LogP) is 5.51. The van der Waals surface area contributed by atoms with E-state index in [0.29, 0.717) is 45.1 Å². The summed E-state index contributed by atoms with van der Waals surface area (Å²) in [7, 11) is 0. The molecule has 0 bridgehead atoms. The maximum Gasteiger partial charge on any atom is 0.269 e. The van der Waals surface area contributed by atoms with Crippen LogP contribution >= 0.6 is 15.9 Å². The average molecular weight is 538 g/mol. The van der Waals surface area contributed by atoms with Gasteiger partial charge in [0.1, 0.15) is 5.75 Å². The smallest absolute Gasteiger partial charge is 0.269 e. The van der Waals surface area contributed by atoms with E-state index in [1.165, 1.54) is 0 Å². The Hall–Kier alpha value is -3.65. The van der Waals surface area contributed by atoms with Crippen LogP contribution in [-0.4, -0.2) is 24.3 Å². The van der Waals surface area contributed by atoms with Gasteiger partial charge in [-0.3, -0.25) is 25.2 Å². The van der Waals surface area contributed by atoms with Crippen LogP contribution in [0.4, 0.5) is 5.69 Å². The van der Waals surface area contributed by atoms with Crippen molar-refractivity contribution in [3.05, 3.63) is 93.5 Å². The Morgan fingerprint density at radius 1 is 0.857 bits per heavy atom. The zero-order valence-corrected chi connectivity index (χ0v) is 21.4. The highest BCUT2D eigenvalue weighted by molar-refractivity contribution is 9.10. The van der Waals surface area contributed by atoms with Gasteiger partial charge < -0.3 is 10.1 Å². The fraction of sp³-hybridized carbons (Fsp3) is 0.222. The number of amides is 3. The fourth-order valence-electron chi connectivity index (χ4n) is 3.15. The molecule has 0 spiro atoms. The summed E-state index contributed by atoms with van der Waals surface area (Å²) in [5.41, 5.74) is 7.51. The van der Waals surface area contributed by atoms with Gasteiger partial charge in [0.15, 0.2) is 0 Å². The number of hydrogen-bond acceptors (Lipinski definition) is 4. The molecule has 3 aromatic rings. The molecule has 8 heteroatoms. The van der Waals surface area contributed by atoms with Crippen LogP contribution in [0.3, 0.4) is 0 Å². The molecule has 0 saturated heterocycles. The van der Waals surface area contributed by atoms with Gasteiger partial charge in [0, 0.05) is 22.4 Å². The Labute approximate surface area is 213 Å². The number of carbonyl (C=O) groups is 3. The van der Waals surface area contributed by atoms with E-state index in [1.807, 2.05) is 19.1 Å². The zero-order chi connectivity index (χ0) is 25.4. The van der Waals surface area contributed by atoms with E-state index in [2.05, 4.69) is 45.9 Å². The second kappa shape index (κ2) is 12.2. The minimum atomic E-state index is -0.483. The van der Waals surface area contributed by atoms with E-state index in [0.717, 1.165) is 12.0 Å². The van der Waals surface area contributed by atoms with Gasteiger partial charge in [-0.05, 0) is 89.3 Å². The summed E-state index contributed by atoms with van der Waals surface area (Å²) in [6.07, 6.45) is 0.931. The number of ether oxygens (including phenoxy) is 1. The maximum atomic E-state index is 12.4. The predicted molar refractivity (Wildman–Crippen MR) is 140 cm³/mol. The number of carbonyl (C=O) groups excluding carboxylic acids is 3. The monoisotopic (exact) mass is 537 g/mol. The first-order valence-corrected chi connectivity index (χ1v) is 12.0. The molecule has 3 amide bonds. The molecule has 0 unspecified atom stereocenters. The van der Waals surface area contributed by atoms with E-state index in [9.17, 15) is 14.4 Å². The molecule has 182 valence electrons. The molecule has 3 rings (SSSR count). The van der Waals surface area contributed by atoms with Crippen LogP contribution in [0.15, 0.2) is 71.2 Å². The Morgan fingerprint density at radius 3 is 2.11 bits per heavy atom. The quantitative estimate of drug-likeness (QED) is 0.330. The number of anilines is 1. The third-order valence-corrected chi connectivity index (χ3v) is 5.85. The molecular formula is C27H28BrN3O4. The van der Waals surface area contributed by atoms with Crippen molar-refractivity contribution in [3.63, 3.8) is 0 Å². The summed E-state index contributed by atoms with van der Waals surface area (Å²) in [6.45, 7) is 6.70. The van der Waals surface area contributed by atoms with Crippen molar-refractivity contribution in [1.29, 1.82) is 0 Å². The van der Waals surface area contributed by atoms with Crippen molar-refractivity contribution < 1.29 is 19.1 Å². The van der Waals surface area contributed by atoms with Crippen LogP contribution in [0.1, 0.15) is 56.9 Å². The first-order valence-electron chi connectivity index (χ1n) is 11.2. The molecule has 0 saturated carbocycles. The number of benzene rings is 3. The number of nitrogens with one attached hydrogen (secondary N) is 3. The van der Waals surface area contributed by atoms with Crippen molar-refractivity contribution in [2.75, 3.05) is 11.9 Å². The van der Waals surface area contributed by atoms with Gasteiger partial charge in [0.05, 0.1) is 11.1 Å². The van der Waals surface area contributed by atoms with Gasteiger partial charge in [0.2, 0.25) is 0 Å². The zero-order valence-electron chi connectivity index (χ0n) is 19.9. The van der Waals surface area contributed by atoms with Crippen LogP contribution in [0.2, 0.25) is 0 Å². The van der Waals surface area contributed by atoms with Crippen molar-refractivity contribution in [1.82, 2.24) is 10.9 Å². The number of hydrazine groups is 1. The highest BCUT2D eigenvalue weighted by Crippen LogP contribution is 2.26. The summed E-state index contributed by atoms with van der Waals surface area (Å²) >= 11 is 3.42. The van der Waals surface area contributed by atoms with Crippen LogP contribution < -0.4 is 20.9 Å². The Bertz CT molecular complexity index is 1210. The van der Waals surface area contributed by atoms with Crippen molar-refractivity contribution in [2.45, 2.75) is 27.2 Å². The molecule has 0 heterocycles. The third kappa shape index (κ3) is 7.42. The van der Waals surface area contributed by atoms with Gasteiger partial charge >= 0.3 is 0 Å². The minimum absolute atomic E-state index is 0.227. The van der Waals surface area contributed by atoms with Crippen molar-refractivity contribution in [3.8, 4) is 5.75 Å². The van der Waals surface area contributed by atoms with E-state index in [1.54, 1.807) is 54.6 Å². The molecule has 0 aliphatic carbocycles. The summed E-state index contributed by atoms with van der Waals surface area (Å²) < 4.78 is 6.38. The SMILES string of the molecule is Cc1ccccc1C(=O)Nc1ccc(C(=O)NNC(=O)c2ccc(OCCC(C)C)c(Br)c2)cc1. The second-order valence-corrected chi connectivity index (χ2v) is 9.29. The number of hydrogen-bond donors (Lipinski definition) is 3. The van der Waals surface area contributed by atoms with Crippen LogP contribution in [0.5, 0.6) is 5.75 Å². The number of aryl methyl sites for hydroxylation is 1. The van der Waals surface area contributed by atoms with E-state index >= 15 is 0 Å². The molecule has 3 N–H and O–H groups in total. The lowest BCUT2D eigenvalue weighted by atomic mass is 10.1. The summed E-state index contributed by atoms with van der Waals surface area (Å²) in [5, 5.41) is 2.81. The summed E-state index contributed by atoms with van der Waals surface area (Å²) in [6, 6.07) is 18.7. The Kier molecular flexibility index (Phi) is 9.03. The highest BCUT2D eigenvalue weighted by atomic mass is 79.9. The molecule has 0 aliphatic heterocycles. The van der Waals surface area contributed by atoms with Crippen LogP contribution in [0, 0.1) is 12.8 Å². The Morgan fingerprint density at radius 2 is 1.49 bits per heavy atom. The lowest BCUT2D eigenvalue weighted by Crippen LogP contribution is -2.41. The summed E-state index contributed by atoms with van der Waals surface area (Å²) in [5.74, 6) is 0.0181. The lowest BCUT2D eigenvalue weighted by Gasteiger charge is -2.12. The normalized spacial score (nSPS) is 10.5. The molecule has 0 aliphatic rings. The molecule has 3 aromatic carbocycles. The van der Waals surface area contributed by atoms with E-state index in [-0.39, 0.29) is 5.91 Å². The molecular weight excluding hydrogens is 510 g/mol. The molecule has 35 heavy (non-hydrogen) atoms. The fourth-order valence-corrected chi connectivity index (χ4v) is 3.65. The molecule has 0 aromatic heterocycles. The van der Waals surface area contributed by atoms with Gasteiger partial charge in [0.25, 0.3) is 17.7 Å². The minimum Gasteiger partial charge on any atom is -0.492 e. The van der Waals surface area contributed by atoms with E-state index < -0.39 is 11.8 Å². The van der Waals surface area contributed by atoms with Crippen LogP contribution in [0.25, 0.3) is 0 Å². The first-order chi connectivity index (χ1) is 16.7. The van der Waals surface area contributed by atoms with Gasteiger partial charge in [-0.2, -0.15) is 0 Å². The lowest BCUT2D eigenvalue weighted by molar-refractivity contribution is 0.0846. The second-order valence-electron chi connectivity index (χ2n) is 8.43. The number of halogens is 1. The maximum absolute atomic E-state index is 12.4. The van der Waals surface area contributed by atoms with E-state index in [4.69, 9.17) is 4.74 Å². The standard InChI is InChI=1S/C27H28BrN3O4/c1-17(2)14-15-35-24-13-10-20(16-23(24)28)26(33)31-30-25(32)19-8-11-21(12-9-19)29-27(34)22-7-5-4-6-18(22)3/h4-13,16-17H,14-15H2,1-3H3,(H,29,34)(H,30,32)(H,31,33). The molecule has 7 nitrogen and oxygen atoms in total. The average Bonchev–Trinajstić information content (AvgIpc) is 2.83. The Balaban J connectivity index is 1.52. The van der Waals surface area contributed by atoms with Gasteiger partial charge in [-0.25, -0.2) is 0 Å². The largest absolute Gasteiger partial charge is 0.492 e. The van der Waals surface area contributed by atoms with Crippen molar-refractivity contribution in [2.24, 2.45) is 5.92 Å². The molecule has 0 radical (unpaired) electrons. The molecule has 0 atom stereocenters.